The van der Waals surface area contributed by atoms with Crippen LogP contribution in [-0.4, -0.2) is 29.2 Å². The summed E-state index contributed by atoms with van der Waals surface area (Å²) in [4.78, 5) is 14.1. The maximum absolute atomic E-state index is 12.1. The monoisotopic (exact) mass is 303 g/mol. The van der Waals surface area contributed by atoms with Gasteiger partial charge in [-0.2, -0.15) is 0 Å². The molecule has 0 aromatic rings. The highest BCUT2D eigenvalue weighted by molar-refractivity contribution is 9.09. The largest absolute Gasteiger partial charge is 0.342 e. The van der Waals surface area contributed by atoms with Crippen molar-refractivity contribution in [1.29, 1.82) is 0 Å². The molecule has 1 saturated heterocycles. The van der Waals surface area contributed by atoms with Crippen LogP contribution in [0.25, 0.3) is 0 Å². The zero-order chi connectivity index (χ0) is 12.9. The lowest BCUT2D eigenvalue weighted by atomic mass is 9.95. The number of carbonyl (C=O) groups is 1. The van der Waals surface area contributed by atoms with Gasteiger partial charge >= 0.3 is 0 Å². The van der Waals surface area contributed by atoms with Gasteiger partial charge in [0.25, 0.3) is 0 Å². The van der Waals surface area contributed by atoms with Crippen molar-refractivity contribution >= 4 is 21.8 Å². The number of amides is 1. The molecular formula is C14H26BrNO. The summed E-state index contributed by atoms with van der Waals surface area (Å²) >= 11 is 3.54. The molecule has 1 fully saturated rings. The lowest BCUT2D eigenvalue weighted by molar-refractivity contribution is -0.131. The maximum Gasteiger partial charge on any atom is 0.222 e. The molecule has 1 aliphatic rings. The molecule has 3 heteroatoms. The first kappa shape index (κ1) is 15.0. The smallest absolute Gasteiger partial charge is 0.222 e. The van der Waals surface area contributed by atoms with Crippen molar-refractivity contribution in [3.8, 4) is 0 Å². The molecule has 0 saturated carbocycles. The lowest BCUT2D eigenvalue weighted by Gasteiger charge is -2.30. The van der Waals surface area contributed by atoms with E-state index in [0.29, 0.717) is 5.91 Å². The van der Waals surface area contributed by atoms with Gasteiger partial charge in [-0.1, -0.05) is 49.5 Å². The Kier molecular flexibility index (Phi) is 5.98. The molecule has 100 valence electrons. The Labute approximate surface area is 114 Å². The van der Waals surface area contributed by atoms with E-state index in [1.807, 2.05) is 0 Å². The first-order chi connectivity index (χ1) is 7.98. The number of carbonyl (C=O) groups excluding carboxylic acids is 1. The molecule has 0 aliphatic carbocycles. The third-order valence-electron chi connectivity index (χ3n) is 3.60. The molecule has 17 heavy (non-hydrogen) atoms. The molecule has 0 aromatic carbocycles. The van der Waals surface area contributed by atoms with Gasteiger partial charge in [0.2, 0.25) is 5.91 Å². The van der Waals surface area contributed by atoms with Crippen LogP contribution in [0.4, 0.5) is 0 Å². The Morgan fingerprint density at radius 2 is 2.12 bits per heavy atom. The van der Waals surface area contributed by atoms with Crippen molar-refractivity contribution in [3.05, 3.63) is 0 Å². The van der Waals surface area contributed by atoms with Gasteiger partial charge in [-0.05, 0) is 24.2 Å². The van der Waals surface area contributed by atoms with Gasteiger partial charge in [0.1, 0.15) is 0 Å². The van der Waals surface area contributed by atoms with Crippen LogP contribution in [0.2, 0.25) is 0 Å². The molecule has 0 bridgehead atoms. The maximum atomic E-state index is 12.1. The van der Waals surface area contributed by atoms with Crippen LogP contribution >= 0.6 is 15.9 Å². The summed E-state index contributed by atoms with van der Waals surface area (Å²) in [5.74, 6) is 1.12. The van der Waals surface area contributed by atoms with E-state index in [9.17, 15) is 4.79 Å². The zero-order valence-electron chi connectivity index (χ0n) is 11.5. The summed E-state index contributed by atoms with van der Waals surface area (Å²) in [6.07, 6.45) is 5.56. The van der Waals surface area contributed by atoms with Gasteiger partial charge in [-0.15, -0.1) is 0 Å². The SMILES string of the molecule is CCCC1CCC(=O)N(CC(C)(C)CBr)CC1. The van der Waals surface area contributed by atoms with Crippen LogP contribution in [0, 0.1) is 11.3 Å². The van der Waals surface area contributed by atoms with E-state index in [1.165, 1.54) is 19.3 Å². The van der Waals surface area contributed by atoms with Crippen molar-refractivity contribution in [3.63, 3.8) is 0 Å². The molecule has 2 nitrogen and oxygen atoms in total. The molecule has 1 rings (SSSR count). The van der Waals surface area contributed by atoms with Crippen molar-refractivity contribution in [2.45, 2.75) is 52.9 Å². The Bertz CT molecular complexity index is 253. The third kappa shape index (κ3) is 4.99. The normalized spacial score (nSPS) is 22.7. The number of alkyl halides is 1. The van der Waals surface area contributed by atoms with E-state index >= 15 is 0 Å². The molecule has 0 N–H and O–H groups in total. The standard InChI is InChI=1S/C14H26BrNO/c1-4-5-12-6-7-13(17)16(9-8-12)11-14(2,3)10-15/h12H,4-11H2,1-3H3. The second-order valence-electron chi connectivity index (χ2n) is 6.10. The molecule has 1 heterocycles. The summed E-state index contributed by atoms with van der Waals surface area (Å²) in [6.45, 7) is 8.50. The van der Waals surface area contributed by atoms with E-state index in [0.717, 1.165) is 37.2 Å². The summed E-state index contributed by atoms with van der Waals surface area (Å²) in [5, 5.41) is 0.947. The fraction of sp³-hybridized carbons (Fsp3) is 0.929. The van der Waals surface area contributed by atoms with Gasteiger partial charge in [-0.3, -0.25) is 4.79 Å². The minimum absolute atomic E-state index is 0.181. The van der Waals surface area contributed by atoms with Crippen molar-refractivity contribution in [2.24, 2.45) is 11.3 Å². The van der Waals surface area contributed by atoms with Crippen molar-refractivity contribution < 1.29 is 4.79 Å². The number of halogens is 1. The van der Waals surface area contributed by atoms with Gasteiger partial charge < -0.3 is 4.90 Å². The molecule has 0 radical (unpaired) electrons. The Morgan fingerprint density at radius 3 is 2.71 bits per heavy atom. The van der Waals surface area contributed by atoms with Gasteiger partial charge in [0, 0.05) is 24.8 Å². The number of hydrogen-bond donors (Lipinski definition) is 0. The Morgan fingerprint density at radius 1 is 1.41 bits per heavy atom. The second-order valence-corrected chi connectivity index (χ2v) is 6.66. The zero-order valence-corrected chi connectivity index (χ0v) is 13.1. The number of likely N-dealkylation sites (tertiary alicyclic amines) is 1. The van der Waals surface area contributed by atoms with Crippen LogP contribution in [0.15, 0.2) is 0 Å². The predicted molar refractivity (Wildman–Crippen MR) is 76.4 cm³/mol. The molecule has 1 aliphatic heterocycles. The predicted octanol–water partition coefficient (Wildman–Crippen LogP) is 3.84. The van der Waals surface area contributed by atoms with Crippen molar-refractivity contribution in [2.75, 3.05) is 18.4 Å². The number of rotatable bonds is 5. The van der Waals surface area contributed by atoms with E-state index in [4.69, 9.17) is 0 Å². The van der Waals surface area contributed by atoms with Gasteiger partial charge in [0.15, 0.2) is 0 Å². The first-order valence-electron chi connectivity index (χ1n) is 6.82. The first-order valence-corrected chi connectivity index (χ1v) is 7.94. The molecule has 0 aromatic heterocycles. The van der Waals surface area contributed by atoms with Crippen LogP contribution in [-0.2, 0) is 4.79 Å². The highest BCUT2D eigenvalue weighted by Gasteiger charge is 2.27. The fourth-order valence-electron chi connectivity index (χ4n) is 2.52. The van der Waals surface area contributed by atoms with Crippen LogP contribution in [0.5, 0.6) is 0 Å². The molecule has 1 amide bonds. The average Bonchev–Trinajstić information content (AvgIpc) is 2.45. The minimum atomic E-state index is 0.181. The lowest BCUT2D eigenvalue weighted by Crippen LogP contribution is -2.39. The second kappa shape index (κ2) is 6.77. The summed E-state index contributed by atoms with van der Waals surface area (Å²) in [7, 11) is 0. The summed E-state index contributed by atoms with van der Waals surface area (Å²) < 4.78 is 0. The summed E-state index contributed by atoms with van der Waals surface area (Å²) in [5.41, 5.74) is 0.181. The van der Waals surface area contributed by atoms with Gasteiger partial charge in [0.05, 0.1) is 0 Å². The van der Waals surface area contributed by atoms with E-state index in [2.05, 4.69) is 41.6 Å². The summed E-state index contributed by atoms with van der Waals surface area (Å²) in [6, 6.07) is 0. The Hall–Kier alpha value is -0.0500. The minimum Gasteiger partial charge on any atom is -0.342 e. The average molecular weight is 304 g/mol. The molecule has 1 atom stereocenters. The van der Waals surface area contributed by atoms with Crippen LogP contribution in [0.3, 0.4) is 0 Å². The third-order valence-corrected chi connectivity index (χ3v) is 5.12. The van der Waals surface area contributed by atoms with Crippen LogP contribution < -0.4 is 0 Å². The molecule has 1 unspecified atom stereocenters. The topological polar surface area (TPSA) is 20.3 Å². The van der Waals surface area contributed by atoms with E-state index in [1.54, 1.807) is 0 Å². The highest BCUT2D eigenvalue weighted by Crippen LogP contribution is 2.26. The van der Waals surface area contributed by atoms with E-state index < -0.39 is 0 Å². The highest BCUT2D eigenvalue weighted by atomic mass is 79.9. The number of hydrogen-bond acceptors (Lipinski definition) is 1. The van der Waals surface area contributed by atoms with Crippen LogP contribution in [0.1, 0.15) is 52.9 Å². The van der Waals surface area contributed by atoms with Crippen molar-refractivity contribution in [1.82, 2.24) is 4.90 Å². The molecule has 0 spiro atoms. The van der Waals surface area contributed by atoms with E-state index in [-0.39, 0.29) is 5.41 Å². The van der Waals surface area contributed by atoms with Gasteiger partial charge in [-0.25, -0.2) is 0 Å². The Balaban J connectivity index is 2.53. The number of nitrogens with zero attached hydrogens (tertiary/aromatic N) is 1. The molecular weight excluding hydrogens is 278 g/mol. The fourth-order valence-corrected chi connectivity index (χ4v) is 2.69. The quantitative estimate of drug-likeness (QED) is 0.707.